The molecule has 2 aromatic rings. The molecule has 1 amide bonds. The third-order valence-electron chi connectivity index (χ3n) is 4.09. The van der Waals surface area contributed by atoms with Gasteiger partial charge in [-0.1, -0.05) is 34.1 Å². The number of piperazine rings is 1. The lowest BCUT2D eigenvalue weighted by atomic mass is 10.0. The highest BCUT2D eigenvalue weighted by Crippen LogP contribution is 2.31. The number of nitrogens with one attached hydrogen (secondary N) is 1. The van der Waals surface area contributed by atoms with E-state index in [9.17, 15) is 4.79 Å². The SMILES string of the molecule is COc1ccccc1C1CNCCN1C(=O)c1ccc(Br)cc1. The van der Waals surface area contributed by atoms with Gasteiger partial charge >= 0.3 is 0 Å². The van der Waals surface area contributed by atoms with E-state index in [4.69, 9.17) is 4.74 Å². The van der Waals surface area contributed by atoms with Crippen LogP contribution in [-0.4, -0.2) is 37.6 Å². The molecule has 0 bridgehead atoms. The molecule has 1 aliphatic heterocycles. The monoisotopic (exact) mass is 374 g/mol. The molecule has 0 aliphatic carbocycles. The number of amides is 1. The van der Waals surface area contributed by atoms with Crippen LogP contribution in [0.1, 0.15) is 22.0 Å². The summed E-state index contributed by atoms with van der Waals surface area (Å²) < 4.78 is 6.44. The lowest BCUT2D eigenvalue weighted by Crippen LogP contribution is -2.48. The van der Waals surface area contributed by atoms with Crippen molar-refractivity contribution in [1.29, 1.82) is 0 Å². The quantitative estimate of drug-likeness (QED) is 0.896. The first-order valence-electron chi connectivity index (χ1n) is 7.61. The first kappa shape index (κ1) is 16.0. The molecule has 1 atom stereocenters. The zero-order valence-electron chi connectivity index (χ0n) is 13.0. The van der Waals surface area contributed by atoms with Gasteiger partial charge in [-0.2, -0.15) is 0 Å². The van der Waals surface area contributed by atoms with Crippen molar-refractivity contribution in [3.63, 3.8) is 0 Å². The number of carbonyl (C=O) groups excluding carboxylic acids is 1. The molecule has 0 spiro atoms. The van der Waals surface area contributed by atoms with Crippen LogP contribution < -0.4 is 10.1 Å². The number of methoxy groups -OCH3 is 1. The highest BCUT2D eigenvalue weighted by atomic mass is 79.9. The second kappa shape index (κ2) is 7.15. The molecular weight excluding hydrogens is 356 g/mol. The molecule has 1 heterocycles. The van der Waals surface area contributed by atoms with Gasteiger partial charge in [-0.05, 0) is 30.3 Å². The van der Waals surface area contributed by atoms with Gasteiger partial charge in [0.25, 0.3) is 5.91 Å². The van der Waals surface area contributed by atoms with Crippen molar-refractivity contribution < 1.29 is 9.53 Å². The molecule has 2 aromatic carbocycles. The standard InChI is InChI=1S/C18H19BrN2O2/c1-23-17-5-3-2-4-15(17)16-12-20-10-11-21(16)18(22)13-6-8-14(19)9-7-13/h2-9,16,20H,10-12H2,1H3. The van der Waals surface area contributed by atoms with Gasteiger partial charge in [0.1, 0.15) is 5.75 Å². The predicted molar refractivity (Wildman–Crippen MR) is 93.8 cm³/mol. The molecule has 1 aliphatic rings. The highest BCUT2D eigenvalue weighted by molar-refractivity contribution is 9.10. The second-order valence-corrected chi connectivity index (χ2v) is 6.38. The van der Waals surface area contributed by atoms with Crippen molar-refractivity contribution in [2.24, 2.45) is 0 Å². The van der Waals surface area contributed by atoms with Gasteiger partial charge in [-0.15, -0.1) is 0 Å². The van der Waals surface area contributed by atoms with Crippen LogP contribution >= 0.6 is 15.9 Å². The van der Waals surface area contributed by atoms with Crippen LogP contribution in [0.3, 0.4) is 0 Å². The first-order chi connectivity index (χ1) is 11.2. The Bertz CT molecular complexity index is 688. The van der Waals surface area contributed by atoms with Crippen LogP contribution in [0.2, 0.25) is 0 Å². The third kappa shape index (κ3) is 3.41. The number of ether oxygens (including phenoxy) is 1. The summed E-state index contributed by atoms with van der Waals surface area (Å²) in [6.07, 6.45) is 0. The van der Waals surface area contributed by atoms with E-state index >= 15 is 0 Å². The van der Waals surface area contributed by atoms with Crippen LogP contribution in [0, 0.1) is 0 Å². The van der Waals surface area contributed by atoms with Crippen LogP contribution in [0.4, 0.5) is 0 Å². The van der Waals surface area contributed by atoms with E-state index in [2.05, 4.69) is 21.2 Å². The molecule has 5 heteroatoms. The Morgan fingerprint density at radius 3 is 2.70 bits per heavy atom. The van der Waals surface area contributed by atoms with Gasteiger partial charge in [-0.3, -0.25) is 4.79 Å². The van der Waals surface area contributed by atoms with E-state index in [1.54, 1.807) is 7.11 Å². The van der Waals surface area contributed by atoms with E-state index in [-0.39, 0.29) is 11.9 Å². The van der Waals surface area contributed by atoms with E-state index in [0.717, 1.165) is 28.9 Å². The largest absolute Gasteiger partial charge is 0.496 e. The molecule has 1 N–H and O–H groups in total. The Hall–Kier alpha value is -1.85. The van der Waals surface area contributed by atoms with Gasteiger partial charge in [0.05, 0.1) is 13.2 Å². The number of halogens is 1. The van der Waals surface area contributed by atoms with Crippen molar-refractivity contribution in [3.8, 4) is 5.75 Å². The Labute approximate surface area is 144 Å². The van der Waals surface area contributed by atoms with Gasteiger partial charge in [0, 0.05) is 35.2 Å². The van der Waals surface area contributed by atoms with Crippen molar-refractivity contribution in [2.75, 3.05) is 26.7 Å². The predicted octanol–water partition coefficient (Wildman–Crippen LogP) is 3.24. The van der Waals surface area contributed by atoms with Crippen LogP contribution in [0.15, 0.2) is 53.0 Å². The number of benzene rings is 2. The summed E-state index contributed by atoms with van der Waals surface area (Å²) in [4.78, 5) is 14.9. The lowest BCUT2D eigenvalue weighted by molar-refractivity contribution is 0.0631. The molecule has 120 valence electrons. The maximum absolute atomic E-state index is 12.9. The van der Waals surface area contributed by atoms with Crippen molar-refractivity contribution in [1.82, 2.24) is 10.2 Å². The fourth-order valence-corrected chi connectivity index (χ4v) is 3.19. The van der Waals surface area contributed by atoms with Crippen molar-refractivity contribution >= 4 is 21.8 Å². The van der Waals surface area contributed by atoms with Crippen LogP contribution in [0.25, 0.3) is 0 Å². The molecule has 0 saturated carbocycles. The summed E-state index contributed by atoms with van der Waals surface area (Å²) in [7, 11) is 1.66. The minimum Gasteiger partial charge on any atom is -0.496 e. The summed E-state index contributed by atoms with van der Waals surface area (Å²) in [6.45, 7) is 2.20. The number of nitrogens with zero attached hydrogens (tertiary/aromatic N) is 1. The van der Waals surface area contributed by atoms with Gasteiger partial charge in [0.2, 0.25) is 0 Å². The van der Waals surface area contributed by atoms with E-state index in [1.807, 2.05) is 53.4 Å². The molecule has 1 saturated heterocycles. The summed E-state index contributed by atoms with van der Waals surface area (Å²) >= 11 is 3.41. The molecule has 1 fully saturated rings. The molecule has 1 unspecified atom stereocenters. The van der Waals surface area contributed by atoms with E-state index in [0.29, 0.717) is 12.1 Å². The smallest absolute Gasteiger partial charge is 0.254 e. The van der Waals surface area contributed by atoms with Gasteiger partial charge in [-0.25, -0.2) is 0 Å². The molecule has 23 heavy (non-hydrogen) atoms. The highest BCUT2D eigenvalue weighted by Gasteiger charge is 2.30. The molecule has 0 radical (unpaired) electrons. The topological polar surface area (TPSA) is 41.6 Å². The summed E-state index contributed by atoms with van der Waals surface area (Å²) in [5, 5.41) is 3.37. The molecule has 4 nitrogen and oxygen atoms in total. The lowest BCUT2D eigenvalue weighted by Gasteiger charge is -2.37. The average molecular weight is 375 g/mol. The maximum atomic E-state index is 12.9. The zero-order chi connectivity index (χ0) is 16.2. The molecule has 3 rings (SSSR count). The summed E-state index contributed by atoms with van der Waals surface area (Å²) in [5.74, 6) is 0.865. The Morgan fingerprint density at radius 1 is 1.22 bits per heavy atom. The first-order valence-corrected chi connectivity index (χ1v) is 8.40. The number of carbonyl (C=O) groups is 1. The fourth-order valence-electron chi connectivity index (χ4n) is 2.93. The number of hydrogen-bond acceptors (Lipinski definition) is 3. The Balaban J connectivity index is 1.92. The minimum atomic E-state index is -0.0314. The molecule has 0 aromatic heterocycles. The van der Waals surface area contributed by atoms with Gasteiger partial charge < -0.3 is 15.0 Å². The Kier molecular flexibility index (Phi) is 4.98. The summed E-state index contributed by atoms with van der Waals surface area (Å²) in [6, 6.07) is 15.4. The normalized spacial score (nSPS) is 17.8. The minimum absolute atomic E-state index is 0.0314. The fraction of sp³-hybridized carbons (Fsp3) is 0.278. The third-order valence-corrected chi connectivity index (χ3v) is 4.62. The van der Waals surface area contributed by atoms with Crippen LogP contribution in [0.5, 0.6) is 5.75 Å². The number of hydrogen-bond donors (Lipinski definition) is 1. The van der Waals surface area contributed by atoms with E-state index in [1.165, 1.54) is 0 Å². The van der Waals surface area contributed by atoms with Gasteiger partial charge in [0.15, 0.2) is 0 Å². The Morgan fingerprint density at radius 2 is 1.96 bits per heavy atom. The average Bonchev–Trinajstić information content (AvgIpc) is 2.62. The van der Waals surface area contributed by atoms with Crippen molar-refractivity contribution in [2.45, 2.75) is 6.04 Å². The second-order valence-electron chi connectivity index (χ2n) is 5.47. The molecular formula is C18H19BrN2O2. The zero-order valence-corrected chi connectivity index (χ0v) is 14.5. The maximum Gasteiger partial charge on any atom is 0.254 e. The number of rotatable bonds is 3. The van der Waals surface area contributed by atoms with Crippen LogP contribution in [-0.2, 0) is 0 Å². The van der Waals surface area contributed by atoms with E-state index < -0.39 is 0 Å². The number of para-hydroxylation sites is 1. The summed E-state index contributed by atoms with van der Waals surface area (Å²) in [5.41, 5.74) is 1.74. The van der Waals surface area contributed by atoms with Crippen molar-refractivity contribution in [3.05, 3.63) is 64.1 Å².